The Morgan fingerprint density at radius 1 is 0.857 bits per heavy atom. The first kappa shape index (κ1) is 30.0. The van der Waals surface area contributed by atoms with Crippen molar-refractivity contribution in [3.8, 4) is 11.5 Å². The molecule has 0 radical (unpaired) electrons. The molecule has 2 rings (SSSR count). The van der Waals surface area contributed by atoms with Crippen molar-refractivity contribution in [2.45, 2.75) is 132 Å². The first-order valence-corrected chi connectivity index (χ1v) is 15.7. The Labute approximate surface area is 216 Å². The molecule has 3 unspecified atom stereocenters. The van der Waals surface area contributed by atoms with Crippen LogP contribution in [-0.2, 0) is 16.5 Å². The van der Waals surface area contributed by atoms with Crippen LogP contribution in [0.25, 0.3) is 0 Å². The smallest absolute Gasteiger partial charge is 0.306 e. The average molecular weight is 509 g/mol. The highest BCUT2D eigenvalue weighted by molar-refractivity contribution is 7.86. The van der Waals surface area contributed by atoms with Crippen LogP contribution >= 0.6 is 0 Å². The zero-order chi connectivity index (χ0) is 26.4. The fraction of sp³-hybridized carbons (Fsp3) is 0.800. The first-order valence-electron chi connectivity index (χ1n) is 13.9. The number of hydrogen-bond donors (Lipinski definition) is 0. The minimum Gasteiger partial charge on any atom is -0.487 e. The molecule has 1 aromatic rings. The van der Waals surface area contributed by atoms with E-state index in [2.05, 4.69) is 34.6 Å². The fourth-order valence-electron chi connectivity index (χ4n) is 5.54. The third-order valence-corrected chi connectivity index (χ3v) is 8.54. The summed E-state index contributed by atoms with van der Waals surface area (Å²) in [6.45, 7) is 17.6. The number of benzene rings is 1. The quantitative estimate of drug-likeness (QED) is 0.236. The summed E-state index contributed by atoms with van der Waals surface area (Å²) in [7, 11) is -3.57. The molecule has 0 aliphatic carbocycles. The van der Waals surface area contributed by atoms with E-state index in [9.17, 15) is 8.42 Å². The summed E-state index contributed by atoms with van der Waals surface area (Å²) >= 11 is 0. The van der Waals surface area contributed by atoms with Gasteiger partial charge in [-0.1, -0.05) is 72.6 Å². The molecule has 1 aliphatic rings. The fourth-order valence-corrected chi connectivity index (χ4v) is 6.09. The van der Waals surface area contributed by atoms with Gasteiger partial charge < -0.3 is 8.92 Å². The molecule has 1 heterocycles. The molecular weight excluding hydrogens is 456 g/mol. The van der Waals surface area contributed by atoms with Crippen LogP contribution in [-0.4, -0.2) is 20.3 Å². The van der Waals surface area contributed by atoms with Crippen LogP contribution in [0.15, 0.2) is 0 Å². The molecular formula is C30H52O4S. The van der Waals surface area contributed by atoms with E-state index in [-0.39, 0.29) is 5.60 Å². The van der Waals surface area contributed by atoms with E-state index in [1.165, 1.54) is 51.4 Å². The molecule has 0 fully saturated rings. The Kier molecular flexibility index (Phi) is 11.0. The normalized spacial score (nSPS) is 19.8. The zero-order valence-electron chi connectivity index (χ0n) is 24.1. The molecule has 0 aromatic heterocycles. The highest BCUT2D eigenvalue weighted by atomic mass is 32.2. The van der Waals surface area contributed by atoms with Gasteiger partial charge in [0.15, 0.2) is 0 Å². The maximum atomic E-state index is 11.8. The molecule has 4 nitrogen and oxygen atoms in total. The van der Waals surface area contributed by atoms with Crippen molar-refractivity contribution in [2.24, 2.45) is 17.8 Å². The van der Waals surface area contributed by atoms with Crippen molar-refractivity contribution < 1.29 is 17.3 Å². The van der Waals surface area contributed by atoms with Gasteiger partial charge in [-0.2, -0.15) is 8.42 Å². The molecule has 202 valence electrons. The lowest BCUT2D eigenvalue weighted by Crippen LogP contribution is -2.37. The first-order chi connectivity index (χ1) is 16.2. The predicted molar refractivity (Wildman–Crippen MR) is 148 cm³/mol. The zero-order valence-corrected chi connectivity index (χ0v) is 24.9. The van der Waals surface area contributed by atoms with Gasteiger partial charge in [-0.3, -0.25) is 0 Å². The van der Waals surface area contributed by atoms with Gasteiger partial charge >= 0.3 is 10.1 Å². The molecule has 0 amide bonds. The number of fused-ring (bicyclic) bond motifs is 1. The van der Waals surface area contributed by atoms with E-state index in [1.807, 2.05) is 20.8 Å². The standard InChI is InChI=1S/C30H52O4S/c1-21(2)13-10-14-22(3)15-11-16-23(4)17-12-19-30(8)20-18-27-26(7)28(34-35(9,31)32)24(5)25(6)29(27)33-30/h21-23H,10-20H2,1-9H3. The Balaban J connectivity index is 1.86. The lowest BCUT2D eigenvalue weighted by Gasteiger charge is -2.38. The third-order valence-electron chi connectivity index (χ3n) is 8.07. The second-order valence-electron chi connectivity index (χ2n) is 12.2. The maximum Gasteiger partial charge on any atom is 0.306 e. The second kappa shape index (κ2) is 12.8. The van der Waals surface area contributed by atoms with Crippen LogP contribution in [0, 0.1) is 38.5 Å². The van der Waals surface area contributed by atoms with Crippen LogP contribution in [0.1, 0.15) is 121 Å². The second-order valence-corrected chi connectivity index (χ2v) is 13.8. The third kappa shape index (κ3) is 9.30. The van der Waals surface area contributed by atoms with Crippen LogP contribution in [0.3, 0.4) is 0 Å². The van der Waals surface area contributed by atoms with Crippen LogP contribution in [0.5, 0.6) is 11.5 Å². The van der Waals surface area contributed by atoms with Gasteiger partial charge in [0.25, 0.3) is 0 Å². The SMILES string of the molecule is Cc1c(C)c2c(c(C)c1OS(C)(=O)=O)CCC(C)(CCCC(C)CCCC(C)CCCC(C)C)O2. The van der Waals surface area contributed by atoms with Gasteiger partial charge in [-0.25, -0.2) is 0 Å². The van der Waals surface area contributed by atoms with Crippen LogP contribution in [0.2, 0.25) is 0 Å². The summed E-state index contributed by atoms with van der Waals surface area (Å²) in [6.07, 6.45) is 14.6. The van der Waals surface area contributed by atoms with Gasteiger partial charge in [-0.15, -0.1) is 0 Å². The number of rotatable bonds is 14. The van der Waals surface area contributed by atoms with Crippen molar-refractivity contribution in [3.63, 3.8) is 0 Å². The van der Waals surface area contributed by atoms with Crippen molar-refractivity contribution in [3.05, 3.63) is 22.3 Å². The molecule has 1 aliphatic heterocycles. The molecule has 3 atom stereocenters. The van der Waals surface area contributed by atoms with Crippen LogP contribution in [0.4, 0.5) is 0 Å². The van der Waals surface area contributed by atoms with Gasteiger partial charge in [-0.05, 0) is 87.8 Å². The lowest BCUT2D eigenvalue weighted by molar-refractivity contribution is 0.0512. The van der Waals surface area contributed by atoms with Crippen molar-refractivity contribution in [1.29, 1.82) is 0 Å². The largest absolute Gasteiger partial charge is 0.487 e. The molecule has 35 heavy (non-hydrogen) atoms. The Bertz CT molecular complexity index is 934. The summed E-state index contributed by atoms with van der Waals surface area (Å²) in [4.78, 5) is 0. The lowest BCUT2D eigenvalue weighted by atomic mass is 9.84. The molecule has 5 heteroatoms. The van der Waals surface area contributed by atoms with E-state index < -0.39 is 10.1 Å². The summed E-state index contributed by atoms with van der Waals surface area (Å²) in [5.41, 5.74) is 3.66. The summed E-state index contributed by atoms with van der Waals surface area (Å²) < 4.78 is 35.5. The molecule has 0 bridgehead atoms. The highest BCUT2D eigenvalue weighted by Gasteiger charge is 2.35. The summed E-state index contributed by atoms with van der Waals surface area (Å²) in [5, 5.41) is 0. The topological polar surface area (TPSA) is 52.6 Å². The molecule has 1 aromatic carbocycles. The Hall–Kier alpha value is -1.23. The van der Waals surface area contributed by atoms with Crippen molar-refractivity contribution >= 4 is 10.1 Å². The van der Waals surface area contributed by atoms with E-state index in [1.54, 1.807) is 0 Å². The summed E-state index contributed by atoms with van der Waals surface area (Å²) in [5.74, 6) is 3.86. The van der Waals surface area contributed by atoms with E-state index in [0.29, 0.717) is 5.75 Å². The molecule has 0 saturated carbocycles. The predicted octanol–water partition coefficient (Wildman–Crippen LogP) is 8.47. The maximum absolute atomic E-state index is 11.8. The van der Waals surface area contributed by atoms with Gasteiger partial charge in [0.1, 0.15) is 17.1 Å². The Morgan fingerprint density at radius 2 is 1.40 bits per heavy atom. The number of hydrogen-bond acceptors (Lipinski definition) is 4. The van der Waals surface area contributed by atoms with E-state index in [0.717, 1.165) is 71.3 Å². The van der Waals surface area contributed by atoms with Gasteiger partial charge in [0.05, 0.1) is 6.26 Å². The minimum atomic E-state index is -3.57. The highest BCUT2D eigenvalue weighted by Crippen LogP contribution is 2.45. The molecule has 0 saturated heterocycles. The average Bonchev–Trinajstić information content (AvgIpc) is 2.74. The summed E-state index contributed by atoms with van der Waals surface area (Å²) in [6, 6.07) is 0. The van der Waals surface area contributed by atoms with Gasteiger partial charge in [0.2, 0.25) is 0 Å². The molecule has 0 N–H and O–H groups in total. The van der Waals surface area contributed by atoms with Gasteiger partial charge in [0, 0.05) is 5.56 Å². The monoisotopic (exact) mass is 508 g/mol. The number of ether oxygens (including phenoxy) is 1. The molecule has 0 spiro atoms. The van der Waals surface area contributed by atoms with Crippen LogP contribution < -0.4 is 8.92 Å². The van der Waals surface area contributed by atoms with E-state index in [4.69, 9.17) is 8.92 Å². The van der Waals surface area contributed by atoms with Crippen molar-refractivity contribution in [1.82, 2.24) is 0 Å². The van der Waals surface area contributed by atoms with E-state index >= 15 is 0 Å². The minimum absolute atomic E-state index is 0.166. The van der Waals surface area contributed by atoms with Crippen molar-refractivity contribution in [2.75, 3.05) is 6.26 Å². The Morgan fingerprint density at radius 3 is 1.94 bits per heavy atom.